The quantitative estimate of drug-likeness (QED) is 0.441. The van der Waals surface area contributed by atoms with Crippen molar-refractivity contribution in [2.45, 2.75) is 25.4 Å². The van der Waals surface area contributed by atoms with E-state index in [1.54, 1.807) is 0 Å². The molecule has 0 saturated heterocycles. The van der Waals surface area contributed by atoms with Crippen LogP contribution in [-0.4, -0.2) is 28.9 Å². The number of hydrogen-bond acceptors (Lipinski definition) is 5. The predicted octanol–water partition coefficient (Wildman–Crippen LogP) is 0.341. The molecule has 5 nitrogen and oxygen atoms in total. The number of hydrogen-bond donors (Lipinski definition) is 2. The maximum absolute atomic E-state index is 11.2. The van der Waals surface area contributed by atoms with Crippen LogP contribution in [0.5, 0.6) is 0 Å². The van der Waals surface area contributed by atoms with Gasteiger partial charge in [-0.15, -0.1) is 11.3 Å². The molecule has 6 heteroatoms. The predicted molar refractivity (Wildman–Crippen MR) is 58.3 cm³/mol. The van der Waals surface area contributed by atoms with Gasteiger partial charge in [0.15, 0.2) is 5.01 Å². The molecule has 82 valence electrons. The monoisotopic (exact) mass is 226 g/mol. The van der Waals surface area contributed by atoms with E-state index in [2.05, 4.69) is 22.4 Å². The van der Waals surface area contributed by atoms with Crippen LogP contribution in [0.15, 0.2) is 5.38 Å². The Morgan fingerprint density at radius 2 is 2.53 bits per heavy atom. The Morgan fingerprint density at radius 3 is 3.13 bits per heavy atom. The molecule has 0 aliphatic heterocycles. The van der Waals surface area contributed by atoms with E-state index in [-0.39, 0.29) is 5.91 Å². The zero-order valence-electron chi connectivity index (χ0n) is 8.56. The Bertz CT molecular complexity index is 361. The van der Waals surface area contributed by atoms with Gasteiger partial charge in [0.1, 0.15) is 0 Å². The molecule has 0 bridgehead atoms. The van der Waals surface area contributed by atoms with Crippen molar-refractivity contribution < 1.29 is 4.79 Å². The highest BCUT2D eigenvalue weighted by atomic mass is 32.1. The molecule has 1 aromatic heterocycles. The molecule has 1 aliphatic carbocycles. The van der Waals surface area contributed by atoms with Crippen LogP contribution in [0, 0.1) is 0 Å². The van der Waals surface area contributed by atoms with E-state index >= 15 is 0 Å². The lowest BCUT2D eigenvalue weighted by Crippen LogP contribution is -2.30. The highest BCUT2D eigenvalue weighted by Crippen LogP contribution is 2.26. The van der Waals surface area contributed by atoms with Crippen molar-refractivity contribution in [2.75, 3.05) is 7.05 Å². The number of nitrogens with zero attached hydrogens (tertiary/aromatic N) is 2. The Balaban J connectivity index is 1.97. The number of rotatable bonds is 4. The standard InChI is InChI=1S/C9H14N4OS/c1-13(7-2-3-7)4-6-5-15-9(11-6)8(14)12-10/h5,7H,2-4,10H2,1H3,(H,12,14). The lowest BCUT2D eigenvalue weighted by Gasteiger charge is -2.12. The van der Waals surface area contributed by atoms with E-state index in [9.17, 15) is 4.79 Å². The summed E-state index contributed by atoms with van der Waals surface area (Å²) in [5.74, 6) is 4.71. The number of carbonyl (C=O) groups is 1. The molecule has 1 heterocycles. The molecular formula is C9H14N4OS. The van der Waals surface area contributed by atoms with Gasteiger partial charge in [0.05, 0.1) is 5.69 Å². The van der Waals surface area contributed by atoms with Gasteiger partial charge in [-0.3, -0.25) is 15.1 Å². The third-order valence-corrected chi connectivity index (χ3v) is 3.35. The van der Waals surface area contributed by atoms with E-state index in [0.29, 0.717) is 11.0 Å². The van der Waals surface area contributed by atoms with E-state index in [4.69, 9.17) is 5.84 Å². The van der Waals surface area contributed by atoms with Crippen molar-refractivity contribution in [3.8, 4) is 0 Å². The lowest BCUT2D eigenvalue weighted by molar-refractivity contribution is 0.0953. The van der Waals surface area contributed by atoms with Gasteiger partial charge in [-0.05, 0) is 19.9 Å². The fourth-order valence-corrected chi connectivity index (χ4v) is 2.16. The third-order valence-electron chi connectivity index (χ3n) is 2.46. The summed E-state index contributed by atoms with van der Waals surface area (Å²) in [5, 5.41) is 2.33. The minimum Gasteiger partial charge on any atom is -0.298 e. The first-order valence-electron chi connectivity index (χ1n) is 4.86. The Morgan fingerprint density at radius 1 is 1.80 bits per heavy atom. The Labute approximate surface area is 92.3 Å². The molecule has 0 spiro atoms. The highest BCUT2D eigenvalue weighted by Gasteiger charge is 2.26. The summed E-state index contributed by atoms with van der Waals surface area (Å²) >= 11 is 1.33. The van der Waals surface area contributed by atoms with Crippen LogP contribution in [0.2, 0.25) is 0 Å². The zero-order valence-corrected chi connectivity index (χ0v) is 9.38. The van der Waals surface area contributed by atoms with Gasteiger partial charge >= 0.3 is 0 Å². The van der Waals surface area contributed by atoms with Crippen LogP contribution in [0.25, 0.3) is 0 Å². The first-order valence-corrected chi connectivity index (χ1v) is 5.74. The second-order valence-corrected chi connectivity index (χ2v) is 4.62. The van der Waals surface area contributed by atoms with Crippen LogP contribution in [0.1, 0.15) is 28.3 Å². The van der Waals surface area contributed by atoms with Crippen molar-refractivity contribution in [2.24, 2.45) is 5.84 Å². The zero-order chi connectivity index (χ0) is 10.8. The average molecular weight is 226 g/mol. The molecular weight excluding hydrogens is 212 g/mol. The fourth-order valence-electron chi connectivity index (χ4n) is 1.45. The fraction of sp³-hybridized carbons (Fsp3) is 0.556. The summed E-state index contributed by atoms with van der Waals surface area (Å²) in [7, 11) is 2.08. The third kappa shape index (κ3) is 2.53. The van der Waals surface area contributed by atoms with E-state index < -0.39 is 0 Å². The summed E-state index contributed by atoms with van der Waals surface area (Å²) in [6, 6.07) is 0.707. The molecule has 3 N–H and O–H groups in total. The number of hydrazine groups is 1. The number of nitrogen functional groups attached to an aromatic ring is 1. The number of carbonyl (C=O) groups excluding carboxylic acids is 1. The summed E-state index contributed by atoms with van der Waals surface area (Å²) in [6.07, 6.45) is 2.55. The molecule has 1 fully saturated rings. The summed E-state index contributed by atoms with van der Waals surface area (Å²) in [6.45, 7) is 0.805. The van der Waals surface area contributed by atoms with Crippen molar-refractivity contribution >= 4 is 17.2 Å². The largest absolute Gasteiger partial charge is 0.298 e. The molecule has 15 heavy (non-hydrogen) atoms. The second kappa shape index (κ2) is 4.26. The molecule has 0 radical (unpaired) electrons. The van der Waals surface area contributed by atoms with E-state index in [1.807, 2.05) is 5.38 Å². The molecule has 1 amide bonds. The van der Waals surface area contributed by atoms with E-state index in [0.717, 1.165) is 12.2 Å². The van der Waals surface area contributed by atoms with Crippen LogP contribution in [-0.2, 0) is 6.54 Å². The molecule has 1 saturated carbocycles. The maximum atomic E-state index is 11.2. The van der Waals surface area contributed by atoms with Crippen molar-refractivity contribution in [3.05, 3.63) is 16.1 Å². The summed E-state index contributed by atoms with van der Waals surface area (Å²) < 4.78 is 0. The van der Waals surface area contributed by atoms with Gasteiger partial charge < -0.3 is 0 Å². The van der Waals surface area contributed by atoms with Gasteiger partial charge in [0, 0.05) is 18.0 Å². The average Bonchev–Trinajstić information content (AvgIpc) is 2.99. The maximum Gasteiger partial charge on any atom is 0.294 e. The topological polar surface area (TPSA) is 71.2 Å². The first kappa shape index (κ1) is 10.5. The number of amides is 1. The second-order valence-electron chi connectivity index (χ2n) is 3.76. The minimum atomic E-state index is -0.319. The van der Waals surface area contributed by atoms with Crippen molar-refractivity contribution in [1.29, 1.82) is 0 Å². The molecule has 0 aromatic carbocycles. The molecule has 1 aromatic rings. The van der Waals surface area contributed by atoms with Gasteiger partial charge in [0.2, 0.25) is 0 Å². The molecule has 0 unspecified atom stereocenters. The number of nitrogens with two attached hydrogens (primary N) is 1. The van der Waals surface area contributed by atoms with Gasteiger partial charge in [-0.2, -0.15) is 0 Å². The number of aromatic nitrogens is 1. The highest BCUT2D eigenvalue weighted by molar-refractivity contribution is 7.11. The van der Waals surface area contributed by atoms with Crippen molar-refractivity contribution in [3.63, 3.8) is 0 Å². The van der Waals surface area contributed by atoms with Gasteiger partial charge in [0.25, 0.3) is 5.91 Å². The first-order chi connectivity index (χ1) is 7.20. The SMILES string of the molecule is CN(Cc1csc(C(=O)NN)n1)C1CC1. The van der Waals surface area contributed by atoms with Gasteiger partial charge in [-0.1, -0.05) is 0 Å². The number of thiazole rings is 1. The smallest absolute Gasteiger partial charge is 0.294 e. The Hall–Kier alpha value is -0.980. The van der Waals surface area contributed by atoms with E-state index in [1.165, 1.54) is 24.2 Å². The normalized spacial score (nSPS) is 15.7. The molecule has 2 rings (SSSR count). The molecule has 0 atom stereocenters. The molecule has 1 aliphatic rings. The minimum absolute atomic E-state index is 0.319. The summed E-state index contributed by atoms with van der Waals surface area (Å²) in [5.41, 5.74) is 3.02. The van der Waals surface area contributed by atoms with Crippen LogP contribution in [0.3, 0.4) is 0 Å². The lowest BCUT2D eigenvalue weighted by atomic mass is 10.4. The van der Waals surface area contributed by atoms with Gasteiger partial charge in [-0.25, -0.2) is 10.8 Å². The van der Waals surface area contributed by atoms with Crippen LogP contribution < -0.4 is 11.3 Å². The van der Waals surface area contributed by atoms with Crippen LogP contribution >= 0.6 is 11.3 Å². The summed E-state index contributed by atoms with van der Waals surface area (Å²) in [4.78, 5) is 17.6. The van der Waals surface area contributed by atoms with Crippen LogP contribution in [0.4, 0.5) is 0 Å². The van der Waals surface area contributed by atoms with Crippen molar-refractivity contribution in [1.82, 2.24) is 15.3 Å². The Kier molecular flexibility index (Phi) is 2.99. The number of nitrogens with one attached hydrogen (secondary N) is 1.